The molecule has 0 aromatic rings. The first-order valence-corrected chi connectivity index (χ1v) is 23.0. The highest BCUT2D eigenvalue weighted by Crippen LogP contribution is 2.19. The predicted molar refractivity (Wildman–Crippen MR) is 225 cm³/mol. The Morgan fingerprint density at radius 3 is 1.42 bits per heavy atom. The number of ether oxygens (including phenoxy) is 2. The van der Waals surface area contributed by atoms with Crippen LogP contribution in [-0.4, -0.2) is 61.9 Å². The Bertz CT molecular complexity index is 690. The Morgan fingerprint density at radius 1 is 0.538 bits per heavy atom. The van der Waals surface area contributed by atoms with Gasteiger partial charge in [0.15, 0.2) is 0 Å². The lowest BCUT2D eigenvalue weighted by Crippen LogP contribution is -2.27. The molecule has 1 N–H and O–H groups in total. The van der Waals surface area contributed by atoms with Crippen molar-refractivity contribution in [3.8, 4) is 0 Å². The van der Waals surface area contributed by atoms with Gasteiger partial charge in [0.25, 0.3) is 6.47 Å². The van der Waals surface area contributed by atoms with Crippen LogP contribution in [0.4, 0.5) is 0 Å². The summed E-state index contributed by atoms with van der Waals surface area (Å²) in [6, 6.07) is 0. The second kappa shape index (κ2) is 46.0. The third-order valence-electron chi connectivity index (χ3n) is 10.5. The van der Waals surface area contributed by atoms with Crippen LogP contribution in [0.3, 0.4) is 0 Å². The summed E-state index contributed by atoms with van der Waals surface area (Å²) >= 11 is 0. The van der Waals surface area contributed by atoms with Crippen LogP contribution in [0.1, 0.15) is 234 Å². The molecule has 2 atom stereocenters. The lowest BCUT2D eigenvalue weighted by molar-refractivity contribution is -0.145. The minimum atomic E-state index is -0.00981. The Kier molecular flexibility index (Phi) is 46.9. The topological polar surface area (TPSA) is 76.1 Å². The standard InChI is InChI=1S/C29H59NO3.C17H34O2/c1-4-6-8-10-13-17-23-30(25-19-20-26-31)24-18-14-11-12-16-22-29(32)33-27-28(3)21-15-9-7-5-2;1-3-5-7-9-10-12-14-17(15-19-16-18)13-11-8-6-4-2/h28,31H,4-27H2,1-3H3;16-17H,3-15H2,1-2H3. The average Bonchev–Trinajstić information content (AvgIpc) is 3.15. The molecule has 0 rings (SSSR count). The van der Waals surface area contributed by atoms with Crippen LogP contribution in [0.15, 0.2) is 0 Å². The molecule has 0 amide bonds. The number of aliphatic hydroxyl groups excluding tert-OH is 1. The molecule has 0 aromatic carbocycles. The van der Waals surface area contributed by atoms with Gasteiger partial charge in [-0.3, -0.25) is 9.59 Å². The van der Waals surface area contributed by atoms with Gasteiger partial charge in [0.05, 0.1) is 13.2 Å². The van der Waals surface area contributed by atoms with Gasteiger partial charge in [-0.1, -0.05) is 176 Å². The Balaban J connectivity index is 0. The van der Waals surface area contributed by atoms with E-state index in [1.165, 1.54) is 180 Å². The van der Waals surface area contributed by atoms with Gasteiger partial charge >= 0.3 is 5.97 Å². The van der Waals surface area contributed by atoms with Crippen LogP contribution in [-0.2, 0) is 19.1 Å². The van der Waals surface area contributed by atoms with Crippen molar-refractivity contribution < 1.29 is 24.2 Å². The normalized spacial score (nSPS) is 12.4. The zero-order valence-corrected chi connectivity index (χ0v) is 35.9. The van der Waals surface area contributed by atoms with Crippen molar-refractivity contribution in [2.45, 2.75) is 234 Å². The zero-order valence-electron chi connectivity index (χ0n) is 35.9. The highest BCUT2D eigenvalue weighted by molar-refractivity contribution is 5.69. The first-order chi connectivity index (χ1) is 25.5. The molecular weight excluding hydrogens is 647 g/mol. The molecule has 312 valence electrons. The SMILES string of the molecule is CCCCCCCCC(CCCCCC)COC=O.CCCCCCCCN(CCCCO)CCCCCCCC(=O)OCC(C)CCCCCC. The van der Waals surface area contributed by atoms with E-state index in [9.17, 15) is 9.59 Å². The summed E-state index contributed by atoms with van der Waals surface area (Å²) in [5.74, 6) is 1.07. The molecule has 0 radical (unpaired) electrons. The number of carbonyl (C=O) groups excluding carboxylic acids is 2. The van der Waals surface area contributed by atoms with Crippen molar-refractivity contribution in [2.75, 3.05) is 39.5 Å². The molecule has 0 aliphatic rings. The number of hydrogen-bond acceptors (Lipinski definition) is 6. The molecule has 0 heterocycles. The molecule has 0 aliphatic carbocycles. The van der Waals surface area contributed by atoms with E-state index in [-0.39, 0.29) is 5.97 Å². The largest absolute Gasteiger partial charge is 0.468 e. The van der Waals surface area contributed by atoms with Crippen LogP contribution in [0.5, 0.6) is 0 Å². The summed E-state index contributed by atoms with van der Waals surface area (Å²) in [7, 11) is 0. The van der Waals surface area contributed by atoms with E-state index in [1.54, 1.807) is 0 Å². The van der Waals surface area contributed by atoms with Crippen molar-refractivity contribution in [3.63, 3.8) is 0 Å². The molecule has 0 saturated heterocycles. The summed E-state index contributed by atoms with van der Waals surface area (Å²) in [6.07, 6.45) is 38.5. The lowest BCUT2D eigenvalue weighted by atomic mass is 9.95. The molecular formula is C46H93NO5. The van der Waals surface area contributed by atoms with E-state index < -0.39 is 0 Å². The number of carbonyl (C=O) groups is 2. The van der Waals surface area contributed by atoms with Crippen LogP contribution in [0.2, 0.25) is 0 Å². The van der Waals surface area contributed by atoms with E-state index >= 15 is 0 Å². The van der Waals surface area contributed by atoms with Crippen molar-refractivity contribution in [2.24, 2.45) is 11.8 Å². The number of esters is 1. The fraction of sp³-hybridized carbons (Fsp3) is 0.957. The highest BCUT2D eigenvalue weighted by Gasteiger charge is 2.10. The summed E-state index contributed by atoms with van der Waals surface area (Å²) in [4.78, 5) is 24.9. The Morgan fingerprint density at radius 2 is 0.942 bits per heavy atom. The molecule has 6 heteroatoms. The number of aliphatic hydroxyl groups is 1. The smallest absolute Gasteiger partial charge is 0.305 e. The van der Waals surface area contributed by atoms with Crippen molar-refractivity contribution in [1.29, 1.82) is 0 Å². The molecule has 52 heavy (non-hydrogen) atoms. The maximum atomic E-state index is 12.0. The molecule has 2 unspecified atom stereocenters. The van der Waals surface area contributed by atoms with Crippen LogP contribution in [0.25, 0.3) is 0 Å². The quantitative estimate of drug-likeness (QED) is 0.0382. The van der Waals surface area contributed by atoms with Gasteiger partial charge in [0.1, 0.15) is 0 Å². The molecule has 0 saturated carbocycles. The van der Waals surface area contributed by atoms with E-state index in [0.29, 0.717) is 44.5 Å². The molecule has 0 aromatic heterocycles. The third kappa shape index (κ3) is 43.3. The fourth-order valence-electron chi connectivity index (χ4n) is 6.90. The highest BCUT2D eigenvalue weighted by atomic mass is 16.5. The number of rotatable bonds is 41. The van der Waals surface area contributed by atoms with Crippen molar-refractivity contribution >= 4 is 12.4 Å². The molecule has 0 fully saturated rings. The van der Waals surface area contributed by atoms with Crippen molar-refractivity contribution in [1.82, 2.24) is 4.90 Å². The van der Waals surface area contributed by atoms with Gasteiger partial charge in [0.2, 0.25) is 0 Å². The second-order valence-corrected chi connectivity index (χ2v) is 15.9. The van der Waals surface area contributed by atoms with Gasteiger partial charge in [-0.25, -0.2) is 0 Å². The van der Waals surface area contributed by atoms with Gasteiger partial charge < -0.3 is 19.5 Å². The summed E-state index contributed by atoms with van der Waals surface area (Å²) < 4.78 is 10.4. The number of unbranched alkanes of at least 4 members (excludes halogenated alkanes) is 21. The van der Waals surface area contributed by atoms with E-state index in [1.807, 2.05) is 0 Å². The van der Waals surface area contributed by atoms with Crippen molar-refractivity contribution in [3.05, 3.63) is 0 Å². The molecule has 6 nitrogen and oxygen atoms in total. The maximum absolute atomic E-state index is 12.0. The zero-order chi connectivity index (χ0) is 38.6. The monoisotopic (exact) mass is 740 g/mol. The van der Waals surface area contributed by atoms with Crippen LogP contribution < -0.4 is 0 Å². The van der Waals surface area contributed by atoms with E-state index in [0.717, 1.165) is 32.2 Å². The van der Waals surface area contributed by atoms with Gasteiger partial charge in [0, 0.05) is 13.0 Å². The molecule has 0 aliphatic heterocycles. The first-order valence-electron chi connectivity index (χ1n) is 23.0. The summed E-state index contributed by atoms with van der Waals surface area (Å²) in [5.41, 5.74) is 0. The Hall–Kier alpha value is -1.14. The van der Waals surface area contributed by atoms with Gasteiger partial charge in [-0.2, -0.15) is 0 Å². The summed E-state index contributed by atoms with van der Waals surface area (Å²) in [5, 5.41) is 9.07. The number of hydrogen-bond donors (Lipinski definition) is 1. The molecule has 0 bridgehead atoms. The van der Waals surface area contributed by atoms with Crippen LogP contribution in [0, 0.1) is 11.8 Å². The second-order valence-electron chi connectivity index (χ2n) is 15.9. The lowest BCUT2D eigenvalue weighted by Gasteiger charge is -2.22. The minimum absolute atomic E-state index is 0.00981. The fourth-order valence-corrected chi connectivity index (χ4v) is 6.90. The predicted octanol–water partition coefficient (Wildman–Crippen LogP) is 13.4. The number of nitrogens with zero attached hydrogens (tertiary/aromatic N) is 1. The minimum Gasteiger partial charge on any atom is -0.468 e. The van der Waals surface area contributed by atoms with E-state index in [2.05, 4.69) is 39.5 Å². The molecule has 0 spiro atoms. The van der Waals surface area contributed by atoms with Crippen LogP contribution >= 0.6 is 0 Å². The maximum Gasteiger partial charge on any atom is 0.305 e. The Labute approximate surface area is 325 Å². The first kappa shape index (κ1) is 53.0. The summed E-state index contributed by atoms with van der Waals surface area (Å²) in [6.45, 7) is 16.8. The average molecular weight is 740 g/mol. The third-order valence-corrected chi connectivity index (χ3v) is 10.5. The van der Waals surface area contributed by atoms with Gasteiger partial charge in [-0.05, 0) is 82.8 Å². The van der Waals surface area contributed by atoms with E-state index in [4.69, 9.17) is 14.6 Å². The van der Waals surface area contributed by atoms with Gasteiger partial charge in [-0.15, -0.1) is 0 Å².